The van der Waals surface area contributed by atoms with Gasteiger partial charge in [-0.3, -0.25) is 4.68 Å². The van der Waals surface area contributed by atoms with E-state index in [0.29, 0.717) is 5.92 Å². The standard InChI is InChI=1S/C12H19N3/c1-7(13)9-5-6-10-11(9)12(8-3-4-8)14-15(10)2/h7-9H,3-6,13H2,1-2H3. The van der Waals surface area contributed by atoms with E-state index in [9.17, 15) is 0 Å². The molecule has 0 spiro atoms. The third-order valence-corrected chi connectivity index (χ3v) is 3.90. The van der Waals surface area contributed by atoms with Crippen LogP contribution in [0.1, 0.15) is 55.0 Å². The summed E-state index contributed by atoms with van der Waals surface area (Å²) < 4.78 is 2.09. The number of rotatable bonds is 2. The molecule has 3 heteroatoms. The number of aromatic nitrogens is 2. The quantitative estimate of drug-likeness (QED) is 0.798. The minimum absolute atomic E-state index is 0.271. The highest BCUT2D eigenvalue weighted by molar-refractivity contribution is 5.39. The molecule has 2 aliphatic carbocycles. The Hall–Kier alpha value is -0.830. The normalized spacial score (nSPS) is 26.7. The van der Waals surface area contributed by atoms with Crippen LogP contribution in [0.5, 0.6) is 0 Å². The molecule has 3 rings (SSSR count). The van der Waals surface area contributed by atoms with Gasteiger partial charge in [-0.15, -0.1) is 0 Å². The van der Waals surface area contributed by atoms with Crippen molar-refractivity contribution in [2.24, 2.45) is 12.8 Å². The van der Waals surface area contributed by atoms with Crippen LogP contribution in [0.2, 0.25) is 0 Å². The molecule has 2 unspecified atom stereocenters. The number of hydrogen-bond donors (Lipinski definition) is 1. The smallest absolute Gasteiger partial charge is 0.0693 e. The van der Waals surface area contributed by atoms with Gasteiger partial charge in [0.15, 0.2) is 0 Å². The first kappa shape index (κ1) is 9.40. The second kappa shape index (κ2) is 3.08. The van der Waals surface area contributed by atoms with Gasteiger partial charge in [0.1, 0.15) is 0 Å². The highest BCUT2D eigenvalue weighted by atomic mass is 15.3. The molecular formula is C12H19N3. The van der Waals surface area contributed by atoms with E-state index >= 15 is 0 Å². The van der Waals surface area contributed by atoms with E-state index in [1.165, 1.54) is 36.2 Å². The third kappa shape index (κ3) is 1.33. The summed E-state index contributed by atoms with van der Waals surface area (Å²) in [6.45, 7) is 2.13. The van der Waals surface area contributed by atoms with Crippen LogP contribution in [0.25, 0.3) is 0 Å². The van der Waals surface area contributed by atoms with Crippen LogP contribution in [-0.2, 0) is 13.5 Å². The lowest BCUT2D eigenvalue weighted by molar-refractivity contribution is 0.552. The van der Waals surface area contributed by atoms with E-state index in [2.05, 4.69) is 23.8 Å². The molecule has 3 nitrogen and oxygen atoms in total. The minimum Gasteiger partial charge on any atom is -0.327 e. The van der Waals surface area contributed by atoms with Crippen molar-refractivity contribution in [2.75, 3.05) is 0 Å². The highest BCUT2D eigenvalue weighted by Gasteiger charge is 2.37. The van der Waals surface area contributed by atoms with Crippen molar-refractivity contribution >= 4 is 0 Å². The number of hydrogen-bond acceptors (Lipinski definition) is 2. The van der Waals surface area contributed by atoms with Gasteiger partial charge in [0.05, 0.1) is 5.69 Å². The molecule has 0 radical (unpaired) electrons. The molecule has 1 heterocycles. The molecule has 1 saturated carbocycles. The maximum Gasteiger partial charge on any atom is 0.0693 e. The molecule has 82 valence electrons. The average molecular weight is 205 g/mol. The van der Waals surface area contributed by atoms with Crippen LogP contribution in [0.4, 0.5) is 0 Å². The summed E-state index contributed by atoms with van der Waals surface area (Å²) in [6, 6.07) is 0.271. The molecule has 1 aromatic rings. The number of nitrogens with two attached hydrogens (primary N) is 1. The Morgan fingerprint density at radius 3 is 2.73 bits per heavy atom. The fourth-order valence-corrected chi connectivity index (χ4v) is 2.92. The summed E-state index contributed by atoms with van der Waals surface area (Å²) in [7, 11) is 2.08. The molecule has 0 aliphatic heterocycles. The van der Waals surface area contributed by atoms with Gasteiger partial charge in [-0.2, -0.15) is 5.10 Å². The second-order valence-corrected chi connectivity index (χ2v) is 5.15. The highest BCUT2D eigenvalue weighted by Crippen LogP contribution is 2.47. The van der Waals surface area contributed by atoms with E-state index < -0.39 is 0 Å². The Morgan fingerprint density at radius 2 is 2.13 bits per heavy atom. The van der Waals surface area contributed by atoms with E-state index in [-0.39, 0.29) is 6.04 Å². The van der Waals surface area contributed by atoms with Gasteiger partial charge in [0.25, 0.3) is 0 Å². The first-order chi connectivity index (χ1) is 7.18. The molecule has 2 atom stereocenters. The molecule has 0 bridgehead atoms. The summed E-state index contributed by atoms with van der Waals surface area (Å²) in [5.74, 6) is 1.31. The Kier molecular flexibility index (Phi) is 1.93. The Bertz CT molecular complexity index is 388. The zero-order valence-electron chi connectivity index (χ0n) is 9.53. The summed E-state index contributed by atoms with van der Waals surface area (Å²) in [4.78, 5) is 0. The predicted octanol–water partition coefficient (Wildman–Crippen LogP) is 1.67. The van der Waals surface area contributed by atoms with Crippen LogP contribution in [-0.4, -0.2) is 15.8 Å². The van der Waals surface area contributed by atoms with Gasteiger partial charge in [-0.05, 0) is 32.6 Å². The fourth-order valence-electron chi connectivity index (χ4n) is 2.92. The Morgan fingerprint density at radius 1 is 1.40 bits per heavy atom. The van der Waals surface area contributed by atoms with Crippen molar-refractivity contribution in [3.05, 3.63) is 17.0 Å². The molecule has 15 heavy (non-hydrogen) atoms. The SMILES string of the molecule is CC(N)C1CCc2c1c(C1CC1)nn2C. The molecule has 1 aromatic heterocycles. The van der Waals surface area contributed by atoms with E-state index in [1.807, 2.05) is 0 Å². The monoisotopic (exact) mass is 205 g/mol. The van der Waals surface area contributed by atoms with Gasteiger partial charge in [-0.1, -0.05) is 0 Å². The predicted molar refractivity (Wildman–Crippen MR) is 59.9 cm³/mol. The largest absolute Gasteiger partial charge is 0.327 e. The molecule has 1 fully saturated rings. The van der Waals surface area contributed by atoms with Crippen LogP contribution in [0, 0.1) is 0 Å². The van der Waals surface area contributed by atoms with Gasteiger partial charge < -0.3 is 5.73 Å². The van der Waals surface area contributed by atoms with Crippen molar-refractivity contribution in [1.82, 2.24) is 9.78 Å². The van der Waals surface area contributed by atoms with E-state index in [4.69, 9.17) is 5.73 Å². The first-order valence-corrected chi connectivity index (χ1v) is 5.99. The first-order valence-electron chi connectivity index (χ1n) is 5.99. The van der Waals surface area contributed by atoms with Crippen molar-refractivity contribution in [2.45, 2.75) is 50.5 Å². The van der Waals surface area contributed by atoms with Gasteiger partial charge in [-0.25, -0.2) is 0 Å². The number of aryl methyl sites for hydroxylation is 1. The lowest BCUT2D eigenvalue weighted by atomic mass is 9.93. The van der Waals surface area contributed by atoms with Crippen molar-refractivity contribution in [3.8, 4) is 0 Å². The Labute approximate surface area is 90.7 Å². The van der Waals surface area contributed by atoms with Gasteiger partial charge >= 0.3 is 0 Å². The van der Waals surface area contributed by atoms with Crippen molar-refractivity contribution < 1.29 is 0 Å². The van der Waals surface area contributed by atoms with Crippen LogP contribution >= 0.6 is 0 Å². The number of fused-ring (bicyclic) bond motifs is 1. The van der Waals surface area contributed by atoms with Crippen molar-refractivity contribution in [3.63, 3.8) is 0 Å². The van der Waals surface area contributed by atoms with Gasteiger partial charge in [0, 0.05) is 36.2 Å². The molecule has 2 aliphatic rings. The zero-order valence-corrected chi connectivity index (χ0v) is 9.53. The Balaban J connectivity index is 2.07. The van der Waals surface area contributed by atoms with Gasteiger partial charge in [0.2, 0.25) is 0 Å². The topological polar surface area (TPSA) is 43.8 Å². The molecule has 0 aromatic carbocycles. The zero-order chi connectivity index (χ0) is 10.6. The number of nitrogens with zero attached hydrogens (tertiary/aromatic N) is 2. The maximum atomic E-state index is 6.07. The third-order valence-electron chi connectivity index (χ3n) is 3.90. The lowest BCUT2D eigenvalue weighted by Gasteiger charge is -2.15. The molecule has 2 N–H and O–H groups in total. The lowest BCUT2D eigenvalue weighted by Crippen LogP contribution is -2.23. The molecule has 0 saturated heterocycles. The van der Waals surface area contributed by atoms with E-state index in [1.54, 1.807) is 0 Å². The minimum atomic E-state index is 0.271. The molecule has 0 amide bonds. The molecular weight excluding hydrogens is 186 g/mol. The van der Waals surface area contributed by atoms with E-state index in [0.717, 1.165) is 12.3 Å². The summed E-state index contributed by atoms with van der Waals surface area (Å²) >= 11 is 0. The maximum absolute atomic E-state index is 6.07. The summed E-state index contributed by atoms with van der Waals surface area (Å²) in [5.41, 5.74) is 10.4. The fraction of sp³-hybridized carbons (Fsp3) is 0.750. The van der Waals surface area contributed by atoms with Crippen LogP contribution in [0.15, 0.2) is 0 Å². The van der Waals surface area contributed by atoms with Crippen LogP contribution < -0.4 is 5.73 Å². The second-order valence-electron chi connectivity index (χ2n) is 5.15. The summed E-state index contributed by atoms with van der Waals surface area (Å²) in [6.07, 6.45) is 5.04. The summed E-state index contributed by atoms with van der Waals surface area (Å²) in [5, 5.41) is 4.69. The van der Waals surface area contributed by atoms with Crippen LogP contribution in [0.3, 0.4) is 0 Å². The average Bonchev–Trinajstić information content (AvgIpc) is 2.82. The van der Waals surface area contributed by atoms with Crippen molar-refractivity contribution in [1.29, 1.82) is 0 Å².